The standard InChI is InChI=1S/C18H22N2S/c1-2-19-17(18-20-15-4-3-5-16(15)21-18)14-10-8-13(9-11-14)12-6-7-12/h8-12,17,19H,2-7H2,1H3. The number of fused-ring (bicyclic) bond motifs is 1. The van der Waals surface area contributed by atoms with E-state index in [4.69, 9.17) is 4.98 Å². The van der Waals surface area contributed by atoms with E-state index < -0.39 is 0 Å². The molecule has 0 bridgehead atoms. The van der Waals surface area contributed by atoms with Gasteiger partial charge in [-0.25, -0.2) is 4.98 Å². The van der Waals surface area contributed by atoms with E-state index in [0.29, 0.717) is 0 Å². The van der Waals surface area contributed by atoms with Crippen molar-refractivity contribution in [3.63, 3.8) is 0 Å². The molecule has 4 rings (SSSR count). The van der Waals surface area contributed by atoms with Crippen molar-refractivity contribution >= 4 is 11.3 Å². The summed E-state index contributed by atoms with van der Waals surface area (Å²) >= 11 is 1.91. The Balaban J connectivity index is 1.62. The van der Waals surface area contributed by atoms with Gasteiger partial charge in [0.15, 0.2) is 0 Å². The summed E-state index contributed by atoms with van der Waals surface area (Å²) in [4.78, 5) is 6.43. The summed E-state index contributed by atoms with van der Waals surface area (Å²) < 4.78 is 0. The van der Waals surface area contributed by atoms with Crippen molar-refractivity contribution in [1.82, 2.24) is 10.3 Å². The van der Waals surface area contributed by atoms with E-state index in [9.17, 15) is 0 Å². The third kappa shape index (κ3) is 2.65. The van der Waals surface area contributed by atoms with Crippen molar-refractivity contribution in [2.24, 2.45) is 0 Å². The van der Waals surface area contributed by atoms with Crippen molar-refractivity contribution in [1.29, 1.82) is 0 Å². The molecule has 1 N–H and O–H groups in total. The lowest BCUT2D eigenvalue weighted by molar-refractivity contribution is 0.625. The molecule has 1 aromatic heterocycles. The minimum atomic E-state index is 0.263. The molecule has 0 amide bonds. The molecule has 0 saturated heterocycles. The molecule has 1 unspecified atom stereocenters. The van der Waals surface area contributed by atoms with Gasteiger partial charge in [-0.05, 0) is 55.7 Å². The van der Waals surface area contributed by atoms with Gasteiger partial charge in [0.25, 0.3) is 0 Å². The zero-order valence-corrected chi connectivity index (χ0v) is 13.4. The molecule has 21 heavy (non-hydrogen) atoms. The fourth-order valence-corrected chi connectivity index (χ4v) is 4.52. The fourth-order valence-electron chi connectivity index (χ4n) is 3.26. The largest absolute Gasteiger partial charge is 0.305 e. The van der Waals surface area contributed by atoms with Gasteiger partial charge in [-0.3, -0.25) is 0 Å². The predicted octanol–water partition coefficient (Wildman–Crippen LogP) is 4.21. The van der Waals surface area contributed by atoms with Gasteiger partial charge in [0, 0.05) is 4.88 Å². The second-order valence-corrected chi connectivity index (χ2v) is 7.32. The van der Waals surface area contributed by atoms with Gasteiger partial charge in [0.1, 0.15) is 5.01 Å². The lowest BCUT2D eigenvalue weighted by Gasteiger charge is -2.16. The lowest BCUT2D eigenvalue weighted by atomic mass is 10.0. The quantitative estimate of drug-likeness (QED) is 0.894. The summed E-state index contributed by atoms with van der Waals surface area (Å²) in [5, 5.41) is 4.87. The number of nitrogens with one attached hydrogen (secondary N) is 1. The van der Waals surface area contributed by atoms with E-state index in [1.165, 1.54) is 58.8 Å². The van der Waals surface area contributed by atoms with Crippen molar-refractivity contribution in [2.45, 2.75) is 51.0 Å². The van der Waals surface area contributed by atoms with Crippen LogP contribution in [0.2, 0.25) is 0 Å². The van der Waals surface area contributed by atoms with Crippen molar-refractivity contribution < 1.29 is 0 Å². The first-order valence-corrected chi connectivity index (χ1v) is 8.98. The minimum absolute atomic E-state index is 0.263. The van der Waals surface area contributed by atoms with Crippen LogP contribution in [0.5, 0.6) is 0 Å². The van der Waals surface area contributed by atoms with Gasteiger partial charge in [-0.1, -0.05) is 31.2 Å². The molecule has 1 atom stereocenters. The molecule has 1 aromatic carbocycles. The van der Waals surface area contributed by atoms with Gasteiger partial charge in [0.05, 0.1) is 11.7 Å². The highest BCUT2D eigenvalue weighted by Crippen LogP contribution is 2.40. The summed E-state index contributed by atoms with van der Waals surface area (Å²) in [6.45, 7) is 3.14. The first-order chi connectivity index (χ1) is 10.3. The molecule has 2 aliphatic carbocycles. The molecule has 2 nitrogen and oxygen atoms in total. The molecule has 0 aliphatic heterocycles. The number of rotatable bonds is 5. The summed E-state index contributed by atoms with van der Waals surface area (Å²) in [5.74, 6) is 0.834. The molecular formula is C18H22N2S. The van der Waals surface area contributed by atoms with Gasteiger partial charge in [-0.15, -0.1) is 11.3 Å². The SMILES string of the molecule is CCNC(c1ccc(C2CC2)cc1)c1nc2c(s1)CCC2. The normalized spacial score (nSPS) is 18.7. The summed E-state index contributed by atoms with van der Waals surface area (Å²) in [6.07, 6.45) is 6.43. The van der Waals surface area contributed by atoms with Crippen LogP contribution in [0.25, 0.3) is 0 Å². The smallest absolute Gasteiger partial charge is 0.115 e. The third-order valence-electron chi connectivity index (χ3n) is 4.59. The lowest BCUT2D eigenvalue weighted by Crippen LogP contribution is -2.22. The zero-order valence-electron chi connectivity index (χ0n) is 12.6. The van der Waals surface area contributed by atoms with Gasteiger partial charge in [0.2, 0.25) is 0 Å². The van der Waals surface area contributed by atoms with Crippen LogP contribution < -0.4 is 5.32 Å². The summed E-state index contributed by atoms with van der Waals surface area (Å²) in [5.41, 5.74) is 4.22. The Morgan fingerprint density at radius 2 is 2.05 bits per heavy atom. The summed E-state index contributed by atoms with van der Waals surface area (Å²) in [6, 6.07) is 9.50. The number of aryl methyl sites for hydroxylation is 2. The maximum absolute atomic E-state index is 4.91. The first-order valence-electron chi connectivity index (χ1n) is 8.17. The summed E-state index contributed by atoms with van der Waals surface area (Å²) in [7, 11) is 0. The molecule has 1 fully saturated rings. The Kier molecular flexibility index (Phi) is 3.56. The number of aromatic nitrogens is 1. The average Bonchev–Trinajstić information content (AvgIpc) is 3.13. The molecule has 1 saturated carbocycles. The van der Waals surface area contributed by atoms with Gasteiger partial charge in [-0.2, -0.15) is 0 Å². The molecule has 2 aromatic rings. The zero-order chi connectivity index (χ0) is 14.2. The molecule has 110 valence electrons. The maximum atomic E-state index is 4.91. The molecule has 0 spiro atoms. The fraction of sp³-hybridized carbons (Fsp3) is 0.500. The highest BCUT2D eigenvalue weighted by Gasteiger charge is 2.25. The Morgan fingerprint density at radius 1 is 1.24 bits per heavy atom. The maximum Gasteiger partial charge on any atom is 0.115 e. The molecule has 0 radical (unpaired) electrons. The van der Waals surface area contributed by atoms with E-state index in [1.807, 2.05) is 11.3 Å². The number of nitrogens with zero attached hydrogens (tertiary/aromatic N) is 1. The highest BCUT2D eigenvalue weighted by molar-refractivity contribution is 7.11. The van der Waals surface area contributed by atoms with Crippen molar-refractivity contribution in [3.05, 3.63) is 51.0 Å². The van der Waals surface area contributed by atoms with E-state index >= 15 is 0 Å². The second kappa shape index (κ2) is 5.54. The number of benzene rings is 1. The van der Waals surface area contributed by atoms with E-state index in [0.717, 1.165) is 12.5 Å². The minimum Gasteiger partial charge on any atom is -0.305 e. The topological polar surface area (TPSA) is 24.9 Å². The van der Waals surface area contributed by atoms with Crippen LogP contribution in [0.4, 0.5) is 0 Å². The van der Waals surface area contributed by atoms with E-state index in [2.05, 4.69) is 36.5 Å². The second-order valence-electron chi connectivity index (χ2n) is 6.21. The average molecular weight is 298 g/mol. The third-order valence-corrected chi connectivity index (χ3v) is 5.81. The van der Waals surface area contributed by atoms with Gasteiger partial charge < -0.3 is 5.32 Å². The van der Waals surface area contributed by atoms with Crippen LogP contribution >= 0.6 is 11.3 Å². The first kappa shape index (κ1) is 13.5. The number of hydrogen-bond donors (Lipinski definition) is 1. The van der Waals surface area contributed by atoms with Crippen molar-refractivity contribution in [2.75, 3.05) is 6.54 Å². The molecule has 3 heteroatoms. The Bertz CT molecular complexity index is 604. The van der Waals surface area contributed by atoms with Gasteiger partial charge >= 0.3 is 0 Å². The predicted molar refractivity (Wildman–Crippen MR) is 88.1 cm³/mol. The van der Waals surface area contributed by atoms with Crippen LogP contribution in [-0.2, 0) is 12.8 Å². The number of hydrogen-bond acceptors (Lipinski definition) is 3. The Morgan fingerprint density at radius 3 is 2.71 bits per heavy atom. The van der Waals surface area contributed by atoms with Crippen LogP contribution in [0, 0.1) is 0 Å². The molecule has 2 aliphatic rings. The van der Waals surface area contributed by atoms with E-state index in [-0.39, 0.29) is 6.04 Å². The number of thiazole rings is 1. The van der Waals surface area contributed by atoms with Crippen molar-refractivity contribution in [3.8, 4) is 0 Å². The molecule has 1 heterocycles. The van der Waals surface area contributed by atoms with E-state index in [1.54, 1.807) is 0 Å². The Labute approximate surface area is 130 Å². The molecular weight excluding hydrogens is 276 g/mol. The van der Waals surface area contributed by atoms with Crippen LogP contribution in [0.1, 0.15) is 64.9 Å². The monoisotopic (exact) mass is 298 g/mol. The van der Waals surface area contributed by atoms with Crippen LogP contribution in [0.3, 0.4) is 0 Å². The van der Waals surface area contributed by atoms with Crippen LogP contribution in [-0.4, -0.2) is 11.5 Å². The Hall–Kier alpha value is -1.19. The highest BCUT2D eigenvalue weighted by atomic mass is 32.1. The van der Waals surface area contributed by atoms with Crippen LogP contribution in [0.15, 0.2) is 24.3 Å².